The number of pyridine rings is 1. The second-order valence-corrected chi connectivity index (χ2v) is 4.46. The van der Waals surface area contributed by atoms with Gasteiger partial charge in [-0.25, -0.2) is 9.37 Å². The molecular formula is C15H17FN4. The quantitative estimate of drug-likeness (QED) is 0.664. The zero-order valence-corrected chi connectivity index (χ0v) is 11.5. The fraction of sp³-hybridized carbons (Fsp3) is 0.200. The predicted molar refractivity (Wildman–Crippen MR) is 79.1 cm³/mol. The molecule has 0 fully saturated rings. The van der Waals surface area contributed by atoms with Crippen LogP contribution >= 0.6 is 0 Å². The summed E-state index contributed by atoms with van der Waals surface area (Å²) in [6, 6.07) is 8.00. The molecular weight excluding hydrogens is 255 g/mol. The van der Waals surface area contributed by atoms with Gasteiger partial charge in [-0.05, 0) is 49.7 Å². The van der Waals surface area contributed by atoms with Crippen molar-refractivity contribution in [2.75, 3.05) is 11.4 Å². The number of aryl methyl sites for hydroxylation is 1. The number of amidine groups is 1. The molecule has 0 aliphatic heterocycles. The monoisotopic (exact) mass is 272 g/mol. The third-order valence-corrected chi connectivity index (χ3v) is 3.12. The Morgan fingerprint density at radius 2 is 1.95 bits per heavy atom. The van der Waals surface area contributed by atoms with E-state index in [-0.39, 0.29) is 11.7 Å². The number of rotatable bonds is 4. The number of halogens is 1. The molecule has 0 atom stereocenters. The van der Waals surface area contributed by atoms with Crippen LogP contribution in [0.2, 0.25) is 0 Å². The number of nitrogens with two attached hydrogens (primary N) is 1. The molecule has 4 nitrogen and oxygen atoms in total. The maximum absolute atomic E-state index is 13.0. The van der Waals surface area contributed by atoms with Gasteiger partial charge in [0.1, 0.15) is 17.5 Å². The van der Waals surface area contributed by atoms with Crippen LogP contribution in [0, 0.1) is 18.2 Å². The average Bonchev–Trinajstić information content (AvgIpc) is 2.41. The lowest BCUT2D eigenvalue weighted by Gasteiger charge is -2.25. The van der Waals surface area contributed by atoms with Crippen molar-refractivity contribution in [2.45, 2.75) is 13.8 Å². The minimum atomic E-state index is -0.284. The topological polar surface area (TPSA) is 66.0 Å². The Balaban J connectivity index is 2.55. The molecule has 3 N–H and O–H groups in total. The molecule has 1 aromatic carbocycles. The molecule has 0 aliphatic rings. The van der Waals surface area contributed by atoms with Crippen LogP contribution in [-0.4, -0.2) is 17.4 Å². The Hall–Kier alpha value is -2.43. The van der Waals surface area contributed by atoms with Gasteiger partial charge in [0.05, 0.1) is 5.56 Å². The molecule has 0 aliphatic carbocycles. The first-order valence-corrected chi connectivity index (χ1v) is 6.37. The minimum absolute atomic E-state index is 0.0221. The normalized spacial score (nSPS) is 10.3. The van der Waals surface area contributed by atoms with Crippen molar-refractivity contribution in [2.24, 2.45) is 5.73 Å². The van der Waals surface area contributed by atoms with Crippen LogP contribution in [0.1, 0.15) is 18.1 Å². The lowest BCUT2D eigenvalue weighted by atomic mass is 10.1. The summed E-state index contributed by atoms with van der Waals surface area (Å²) in [6.07, 6.45) is 1.68. The number of hydrogen-bond donors (Lipinski definition) is 2. The molecule has 2 aromatic rings. The Morgan fingerprint density at radius 1 is 1.30 bits per heavy atom. The number of aromatic nitrogens is 1. The SMILES string of the molecule is CCN(c1ccc(F)cc1)c1nccc(C)c1C(=N)N. The van der Waals surface area contributed by atoms with Crippen molar-refractivity contribution in [1.29, 1.82) is 5.41 Å². The summed E-state index contributed by atoms with van der Waals surface area (Å²) in [5, 5.41) is 7.73. The molecule has 1 aromatic heterocycles. The van der Waals surface area contributed by atoms with Gasteiger partial charge in [-0.1, -0.05) is 0 Å². The summed E-state index contributed by atoms with van der Waals surface area (Å²) in [5.41, 5.74) is 7.98. The summed E-state index contributed by atoms with van der Waals surface area (Å²) in [5.74, 6) is 0.312. The molecule has 0 unspecified atom stereocenters. The van der Waals surface area contributed by atoms with E-state index < -0.39 is 0 Å². The van der Waals surface area contributed by atoms with E-state index in [1.54, 1.807) is 18.3 Å². The van der Waals surface area contributed by atoms with Crippen molar-refractivity contribution >= 4 is 17.3 Å². The minimum Gasteiger partial charge on any atom is -0.384 e. The molecule has 104 valence electrons. The highest BCUT2D eigenvalue weighted by Crippen LogP contribution is 2.28. The van der Waals surface area contributed by atoms with Crippen molar-refractivity contribution < 1.29 is 4.39 Å². The third kappa shape index (κ3) is 2.61. The van der Waals surface area contributed by atoms with Crippen LogP contribution in [-0.2, 0) is 0 Å². The van der Waals surface area contributed by atoms with Crippen molar-refractivity contribution in [1.82, 2.24) is 4.98 Å². The highest BCUT2D eigenvalue weighted by molar-refractivity contribution is 6.01. The number of nitrogen functional groups attached to an aromatic ring is 1. The zero-order valence-electron chi connectivity index (χ0n) is 11.5. The van der Waals surface area contributed by atoms with Gasteiger partial charge >= 0.3 is 0 Å². The molecule has 2 rings (SSSR count). The van der Waals surface area contributed by atoms with E-state index in [2.05, 4.69) is 4.98 Å². The summed E-state index contributed by atoms with van der Waals surface area (Å²) in [7, 11) is 0. The van der Waals surface area contributed by atoms with Gasteiger partial charge in [0, 0.05) is 18.4 Å². The summed E-state index contributed by atoms with van der Waals surface area (Å²) >= 11 is 0. The number of anilines is 2. The van der Waals surface area contributed by atoms with Crippen LogP contribution in [0.25, 0.3) is 0 Å². The zero-order chi connectivity index (χ0) is 14.7. The second-order valence-electron chi connectivity index (χ2n) is 4.46. The first-order chi connectivity index (χ1) is 9.54. The Bertz CT molecular complexity index is 622. The first-order valence-electron chi connectivity index (χ1n) is 6.37. The van der Waals surface area contributed by atoms with Gasteiger partial charge < -0.3 is 10.6 Å². The van der Waals surface area contributed by atoms with E-state index in [4.69, 9.17) is 11.1 Å². The molecule has 0 saturated carbocycles. The third-order valence-electron chi connectivity index (χ3n) is 3.12. The second kappa shape index (κ2) is 5.69. The van der Waals surface area contributed by atoms with Crippen molar-refractivity contribution in [3.05, 3.63) is 53.5 Å². The summed E-state index contributed by atoms with van der Waals surface area (Å²) < 4.78 is 13.0. The standard InChI is InChI=1S/C15H17FN4/c1-3-20(12-6-4-11(16)5-7-12)15-13(14(17)18)10(2)8-9-19-15/h4-9H,3H2,1-2H3,(H3,17,18). The largest absolute Gasteiger partial charge is 0.384 e. The fourth-order valence-electron chi connectivity index (χ4n) is 2.16. The smallest absolute Gasteiger partial charge is 0.144 e. The van der Waals surface area contributed by atoms with Gasteiger partial charge in [-0.15, -0.1) is 0 Å². The van der Waals surface area contributed by atoms with Gasteiger partial charge in [-0.3, -0.25) is 5.41 Å². The molecule has 5 heteroatoms. The van der Waals surface area contributed by atoms with Gasteiger partial charge in [-0.2, -0.15) is 0 Å². The number of nitrogens with one attached hydrogen (secondary N) is 1. The van der Waals surface area contributed by atoms with E-state index in [9.17, 15) is 4.39 Å². The van der Waals surface area contributed by atoms with E-state index in [0.29, 0.717) is 17.9 Å². The van der Waals surface area contributed by atoms with Gasteiger partial charge in [0.25, 0.3) is 0 Å². The maximum Gasteiger partial charge on any atom is 0.144 e. The average molecular weight is 272 g/mol. The Labute approximate surface area is 117 Å². The Kier molecular flexibility index (Phi) is 3.98. The summed E-state index contributed by atoms with van der Waals surface area (Å²) in [4.78, 5) is 6.25. The van der Waals surface area contributed by atoms with Gasteiger partial charge in [0.2, 0.25) is 0 Å². The highest BCUT2D eigenvalue weighted by Gasteiger charge is 2.17. The van der Waals surface area contributed by atoms with Crippen LogP contribution in [0.15, 0.2) is 36.5 Å². The highest BCUT2D eigenvalue weighted by atomic mass is 19.1. The number of nitrogens with zero attached hydrogens (tertiary/aromatic N) is 2. The van der Waals surface area contributed by atoms with E-state index in [1.165, 1.54) is 12.1 Å². The molecule has 0 bridgehead atoms. The van der Waals surface area contributed by atoms with E-state index in [0.717, 1.165) is 11.3 Å². The molecule has 1 heterocycles. The summed E-state index contributed by atoms with van der Waals surface area (Å²) in [6.45, 7) is 4.50. The molecule has 0 radical (unpaired) electrons. The first kappa shape index (κ1) is 14.0. The van der Waals surface area contributed by atoms with Crippen molar-refractivity contribution in [3.8, 4) is 0 Å². The van der Waals surface area contributed by atoms with Crippen LogP contribution in [0.5, 0.6) is 0 Å². The predicted octanol–water partition coefficient (Wildman–Crippen LogP) is 2.97. The van der Waals surface area contributed by atoms with E-state index >= 15 is 0 Å². The van der Waals surface area contributed by atoms with Gasteiger partial charge in [0.15, 0.2) is 0 Å². The molecule has 0 amide bonds. The van der Waals surface area contributed by atoms with Crippen LogP contribution in [0.4, 0.5) is 15.9 Å². The molecule has 0 saturated heterocycles. The van der Waals surface area contributed by atoms with Crippen LogP contribution < -0.4 is 10.6 Å². The number of benzene rings is 1. The fourth-order valence-corrected chi connectivity index (χ4v) is 2.16. The Morgan fingerprint density at radius 3 is 2.50 bits per heavy atom. The molecule has 20 heavy (non-hydrogen) atoms. The van der Waals surface area contributed by atoms with E-state index in [1.807, 2.05) is 24.8 Å². The molecule has 0 spiro atoms. The van der Waals surface area contributed by atoms with Crippen molar-refractivity contribution in [3.63, 3.8) is 0 Å². The number of hydrogen-bond acceptors (Lipinski definition) is 3. The lowest BCUT2D eigenvalue weighted by Crippen LogP contribution is -2.24. The maximum atomic E-state index is 13.0. The lowest BCUT2D eigenvalue weighted by molar-refractivity contribution is 0.628. The van der Waals surface area contributed by atoms with Crippen LogP contribution in [0.3, 0.4) is 0 Å².